The molecule has 21 heavy (non-hydrogen) atoms. The van der Waals surface area contributed by atoms with Crippen molar-refractivity contribution in [3.8, 4) is 0 Å². The third kappa shape index (κ3) is 3.03. The lowest BCUT2D eigenvalue weighted by Crippen LogP contribution is -2.07. The fourth-order valence-electron chi connectivity index (χ4n) is 3.11. The van der Waals surface area contributed by atoms with Gasteiger partial charge in [0.1, 0.15) is 0 Å². The van der Waals surface area contributed by atoms with Gasteiger partial charge in [-0.3, -0.25) is 0 Å². The van der Waals surface area contributed by atoms with Crippen LogP contribution in [-0.2, 0) is 9.84 Å². The molecule has 0 unspecified atom stereocenters. The SMILES string of the molecule is O=S(=O)(c1ccccc1)c1cccc(C2CCCCC2)c1. The monoisotopic (exact) mass is 300 g/mol. The number of hydrogen-bond acceptors (Lipinski definition) is 2. The van der Waals surface area contributed by atoms with Gasteiger partial charge in [0, 0.05) is 0 Å². The van der Waals surface area contributed by atoms with Gasteiger partial charge in [-0.25, -0.2) is 8.42 Å². The van der Waals surface area contributed by atoms with E-state index in [0.717, 1.165) is 0 Å². The molecule has 0 heterocycles. The van der Waals surface area contributed by atoms with Gasteiger partial charge < -0.3 is 0 Å². The van der Waals surface area contributed by atoms with Gasteiger partial charge >= 0.3 is 0 Å². The van der Waals surface area contributed by atoms with E-state index in [9.17, 15) is 8.42 Å². The molecule has 1 saturated carbocycles. The molecule has 0 N–H and O–H groups in total. The molecule has 0 saturated heterocycles. The van der Waals surface area contributed by atoms with Gasteiger partial charge in [0.2, 0.25) is 9.84 Å². The highest BCUT2D eigenvalue weighted by atomic mass is 32.2. The largest absolute Gasteiger partial charge is 0.219 e. The Morgan fingerprint density at radius 1 is 0.762 bits per heavy atom. The Labute approximate surface area is 126 Å². The molecular weight excluding hydrogens is 280 g/mol. The van der Waals surface area contributed by atoms with Crippen LogP contribution in [0.15, 0.2) is 64.4 Å². The second kappa shape index (κ2) is 6.02. The predicted octanol–water partition coefficient (Wildman–Crippen LogP) is 4.57. The van der Waals surface area contributed by atoms with Crippen LogP contribution in [0.1, 0.15) is 43.6 Å². The highest BCUT2D eigenvalue weighted by Gasteiger charge is 2.20. The van der Waals surface area contributed by atoms with Gasteiger partial charge in [0.25, 0.3) is 0 Å². The van der Waals surface area contributed by atoms with Crippen LogP contribution in [0.4, 0.5) is 0 Å². The molecule has 0 spiro atoms. The second-order valence-corrected chi connectivity index (χ2v) is 7.67. The smallest absolute Gasteiger partial charge is 0.206 e. The van der Waals surface area contributed by atoms with Crippen LogP contribution in [0.25, 0.3) is 0 Å². The maximum absolute atomic E-state index is 12.7. The lowest BCUT2D eigenvalue weighted by atomic mass is 9.84. The fraction of sp³-hybridized carbons (Fsp3) is 0.333. The van der Waals surface area contributed by atoms with Crippen LogP contribution in [0.2, 0.25) is 0 Å². The van der Waals surface area contributed by atoms with Gasteiger partial charge in [-0.1, -0.05) is 49.6 Å². The van der Waals surface area contributed by atoms with Crippen molar-refractivity contribution in [2.24, 2.45) is 0 Å². The summed E-state index contributed by atoms with van der Waals surface area (Å²) in [6, 6.07) is 16.2. The summed E-state index contributed by atoms with van der Waals surface area (Å²) < 4.78 is 25.3. The third-order valence-corrected chi connectivity index (χ3v) is 6.07. The Morgan fingerprint density at radius 3 is 2.14 bits per heavy atom. The Hall–Kier alpha value is -1.61. The van der Waals surface area contributed by atoms with Crippen molar-refractivity contribution in [2.75, 3.05) is 0 Å². The summed E-state index contributed by atoms with van der Waals surface area (Å²) >= 11 is 0. The topological polar surface area (TPSA) is 34.1 Å². The predicted molar refractivity (Wildman–Crippen MR) is 84.2 cm³/mol. The summed E-state index contributed by atoms with van der Waals surface area (Å²) in [4.78, 5) is 0.780. The zero-order valence-corrected chi connectivity index (χ0v) is 12.9. The van der Waals surface area contributed by atoms with Gasteiger partial charge in [-0.05, 0) is 48.6 Å². The zero-order valence-electron chi connectivity index (χ0n) is 12.0. The molecule has 3 rings (SSSR count). The van der Waals surface area contributed by atoms with Crippen LogP contribution in [0, 0.1) is 0 Å². The molecule has 0 aliphatic heterocycles. The van der Waals surface area contributed by atoms with Crippen molar-refractivity contribution < 1.29 is 8.42 Å². The molecule has 3 heteroatoms. The van der Waals surface area contributed by atoms with Gasteiger partial charge in [-0.15, -0.1) is 0 Å². The Bertz CT molecular complexity index is 699. The maximum atomic E-state index is 12.7. The molecule has 0 bridgehead atoms. The number of sulfone groups is 1. The summed E-state index contributed by atoms with van der Waals surface area (Å²) in [5.41, 5.74) is 1.17. The molecule has 2 nitrogen and oxygen atoms in total. The number of hydrogen-bond donors (Lipinski definition) is 0. The molecule has 110 valence electrons. The fourth-order valence-corrected chi connectivity index (χ4v) is 4.44. The number of benzene rings is 2. The van der Waals surface area contributed by atoms with E-state index in [-0.39, 0.29) is 0 Å². The average molecular weight is 300 g/mol. The van der Waals surface area contributed by atoms with Gasteiger partial charge in [-0.2, -0.15) is 0 Å². The van der Waals surface area contributed by atoms with Crippen molar-refractivity contribution in [1.29, 1.82) is 0 Å². The quantitative estimate of drug-likeness (QED) is 0.832. The van der Waals surface area contributed by atoms with Crippen molar-refractivity contribution in [3.05, 3.63) is 60.2 Å². The molecule has 0 radical (unpaired) electrons. The maximum Gasteiger partial charge on any atom is 0.206 e. The highest BCUT2D eigenvalue weighted by Crippen LogP contribution is 2.34. The summed E-state index contributed by atoms with van der Waals surface area (Å²) in [6.45, 7) is 0. The normalized spacial score (nSPS) is 16.8. The lowest BCUT2D eigenvalue weighted by Gasteiger charge is -2.22. The van der Waals surface area contributed by atoms with Crippen LogP contribution >= 0.6 is 0 Å². The molecule has 1 aliphatic rings. The molecule has 2 aromatic rings. The van der Waals surface area contributed by atoms with Gasteiger partial charge in [0.05, 0.1) is 9.79 Å². The summed E-state index contributed by atoms with van der Waals surface area (Å²) in [7, 11) is -3.40. The second-order valence-electron chi connectivity index (χ2n) is 5.72. The van der Waals surface area contributed by atoms with E-state index in [1.54, 1.807) is 30.3 Å². The van der Waals surface area contributed by atoms with E-state index < -0.39 is 9.84 Å². The van der Waals surface area contributed by atoms with Crippen molar-refractivity contribution in [2.45, 2.75) is 47.8 Å². The van der Waals surface area contributed by atoms with E-state index in [4.69, 9.17) is 0 Å². The molecule has 2 aromatic carbocycles. The van der Waals surface area contributed by atoms with E-state index in [1.807, 2.05) is 18.2 Å². The average Bonchev–Trinajstić information content (AvgIpc) is 2.57. The molecule has 1 aliphatic carbocycles. The van der Waals surface area contributed by atoms with Crippen molar-refractivity contribution in [3.63, 3.8) is 0 Å². The van der Waals surface area contributed by atoms with Crippen molar-refractivity contribution in [1.82, 2.24) is 0 Å². The molecule has 0 aromatic heterocycles. The first-order valence-corrected chi connectivity index (χ1v) is 9.06. The molecular formula is C18H20O2S. The third-order valence-electron chi connectivity index (χ3n) is 4.30. The lowest BCUT2D eigenvalue weighted by molar-refractivity contribution is 0.443. The molecule has 1 fully saturated rings. The van der Waals surface area contributed by atoms with Crippen LogP contribution in [-0.4, -0.2) is 8.42 Å². The van der Waals surface area contributed by atoms with Gasteiger partial charge in [0.15, 0.2) is 0 Å². The highest BCUT2D eigenvalue weighted by molar-refractivity contribution is 7.91. The van der Waals surface area contributed by atoms with Crippen LogP contribution < -0.4 is 0 Å². The minimum absolute atomic E-state index is 0.366. The first kappa shape index (κ1) is 14.3. The Kier molecular flexibility index (Phi) is 4.11. The number of rotatable bonds is 3. The first-order chi connectivity index (χ1) is 10.2. The summed E-state index contributed by atoms with van der Waals surface area (Å²) in [5, 5.41) is 0. The Balaban J connectivity index is 1.96. The van der Waals surface area contributed by atoms with E-state index in [2.05, 4.69) is 6.07 Å². The summed E-state index contributed by atoms with van der Waals surface area (Å²) in [6.07, 6.45) is 6.16. The van der Waals surface area contributed by atoms with E-state index in [1.165, 1.54) is 37.7 Å². The van der Waals surface area contributed by atoms with Crippen molar-refractivity contribution >= 4 is 9.84 Å². The zero-order chi connectivity index (χ0) is 14.7. The minimum atomic E-state index is -3.40. The van der Waals surface area contributed by atoms with E-state index in [0.29, 0.717) is 15.7 Å². The minimum Gasteiger partial charge on any atom is -0.219 e. The molecule has 0 atom stereocenters. The first-order valence-electron chi connectivity index (χ1n) is 7.58. The van der Waals surface area contributed by atoms with E-state index >= 15 is 0 Å². The summed E-state index contributed by atoms with van der Waals surface area (Å²) in [5.74, 6) is 0.518. The van der Waals surface area contributed by atoms with Crippen LogP contribution in [0.3, 0.4) is 0 Å². The van der Waals surface area contributed by atoms with Crippen LogP contribution in [0.5, 0.6) is 0 Å². The standard InChI is InChI=1S/C18H20O2S/c19-21(20,17-11-5-2-6-12-17)18-13-7-10-16(14-18)15-8-3-1-4-9-15/h2,5-7,10-15H,1,3-4,8-9H2. The Morgan fingerprint density at radius 2 is 1.43 bits per heavy atom. The molecule has 0 amide bonds.